The van der Waals surface area contributed by atoms with Crippen molar-refractivity contribution in [2.24, 2.45) is 0 Å². The lowest BCUT2D eigenvalue weighted by Gasteiger charge is -2.06. The fourth-order valence-electron chi connectivity index (χ4n) is 1.59. The molecule has 3 nitrogen and oxygen atoms in total. The molecule has 1 aromatic carbocycles. The predicted octanol–water partition coefficient (Wildman–Crippen LogP) is 4.36. The highest BCUT2D eigenvalue weighted by Crippen LogP contribution is 2.26. The molecular weight excluding hydrogens is 374 g/mol. The number of halogens is 2. The zero-order chi connectivity index (χ0) is 13.5. The zero-order valence-electron chi connectivity index (χ0n) is 10.4. The molecule has 19 heavy (non-hydrogen) atoms. The summed E-state index contributed by atoms with van der Waals surface area (Å²) in [4.78, 5) is 0. The lowest BCUT2D eigenvalue weighted by Crippen LogP contribution is -2.16. The Bertz CT molecular complexity index is 480. The van der Waals surface area contributed by atoms with Crippen molar-refractivity contribution in [3.8, 4) is 5.75 Å². The number of ether oxygens (including phenoxy) is 1. The van der Waals surface area contributed by atoms with E-state index in [-0.39, 0.29) is 0 Å². The molecule has 2 aromatic rings. The normalized spacial score (nSPS) is 10.6. The molecule has 0 bridgehead atoms. The van der Waals surface area contributed by atoms with Gasteiger partial charge in [0.05, 0.1) is 17.6 Å². The molecule has 102 valence electrons. The van der Waals surface area contributed by atoms with Crippen LogP contribution in [0.4, 0.5) is 0 Å². The van der Waals surface area contributed by atoms with Gasteiger partial charge in [-0.2, -0.15) is 0 Å². The van der Waals surface area contributed by atoms with E-state index in [2.05, 4.69) is 37.2 Å². The van der Waals surface area contributed by atoms with Crippen molar-refractivity contribution in [2.45, 2.75) is 13.0 Å². The average molecular weight is 389 g/mol. The van der Waals surface area contributed by atoms with Crippen LogP contribution in [0, 0.1) is 0 Å². The molecule has 1 aromatic heterocycles. The van der Waals surface area contributed by atoms with E-state index in [1.807, 2.05) is 36.4 Å². The van der Waals surface area contributed by atoms with Crippen molar-refractivity contribution in [1.82, 2.24) is 5.32 Å². The number of para-hydroxylation sites is 1. The van der Waals surface area contributed by atoms with Crippen LogP contribution in [0.1, 0.15) is 12.2 Å². The van der Waals surface area contributed by atoms with E-state index < -0.39 is 0 Å². The first-order valence-corrected chi connectivity index (χ1v) is 7.66. The lowest BCUT2D eigenvalue weighted by molar-refractivity contribution is 0.307. The van der Waals surface area contributed by atoms with Crippen LogP contribution in [-0.2, 0) is 6.54 Å². The minimum Gasteiger partial charge on any atom is -0.494 e. The summed E-state index contributed by atoms with van der Waals surface area (Å²) < 4.78 is 12.7. The van der Waals surface area contributed by atoms with Crippen molar-refractivity contribution in [1.29, 1.82) is 0 Å². The van der Waals surface area contributed by atoms with Crippen LogP contribution in [-0.4, -0.2) is 13.2 Å². The van der Waals surface area contributed by atoms with Gasteiger partial charge in [-0.3, -0.25) is 0 Å². The van der Waals surface area contributed by atoms with Crippen LogP contribution >= 0.6 is 31.9 Å². The molecule has 2 rings (SSSR count). The van der Waals surface area contributed by atoms with Gasteiger partial charge in [0.15, 0.2) is 4.67 Å². The van der Waals surface area contributed by atoms with Gasteiger partial charge >= 0.3 is 0 Å². The summed E-state index contributed by atoms with van der Waals surface area (Å²) in [6.07, 6.45) is 0.956. The summed E-state index contributed by atoms with van der Waals surface area (Å²) in [5.74, 6) is 1.82. The Morgan fingerprint density at radius 1 is 1.16 bits per heavy atom. The highest BCUT2D eigenvalue weighted by molar-refractivity contribution is 9.13. The Labute approximate surface area is 129 Å². The van der Waals surface area contributed by atoms with Crippen LogP contribution in [0.2, 0.25) is 0 Å². The Morgan fingerprint density at radius 2 is 1.95 bits per heavy atom. The van der Waals surface area contributed by atoms with Gasteiger partial charge in [0, 0.05) is 0 Å². The molecule has 0 radical (unpaired) electrons. The first-order chi connectivity index (χ1) is 9.25. The molecule has 0 aliphatic rings. The number of nitrogens with one attached hydrogen (secondary N) is 1. The molecule has 1 N–H and O–H groups in total. The summed E-state index contributed by atoms with van der Waals surface area (Å²) in [5, 5.41) is 3.31. The van der Waals surface area contributed by atoms with Gasteiger partial charge in [0.25, 0.3) is 0 Å². The second kappa shape index (κ2) is 7.72. The van der Waals surface area contributed by atoms with Crippen molar-refractivity contribution >= 4 is 31.9 Å². The molecule has 0 unspecified atom stereocenters. The van der Waals surface area contributed by atoms with Crippen molar-refractivity contribution < 1.29 is 9.15 Å². The van der Waals surface area contributed by atoms with Crippen molar-refractivity contribution in [3.05, 3.63) is 51.3 Å². The molecule has 5 heteroatoms. The number of hydrogen-bond donors (Lipinski definition) is 1. The summed E-state index contributed by atoms with van der Waals surface area (Å²) in [5.41, 5.74) is 0. The number of hydrogen-bond acceptors (Lipinski definition) is 3. The Morgan fingerprint density at radius 3 is 2.63 bits per heavy atom. The maximum absolute atomic E-state index is 5.60. The molecule has 0 saturated heterocycles. The first-order valence-electron chi connectivity index (χ1n) is 6.08. The fourth-order valence-corrected chi connectivity index (χ4v) is 2.25. The molecule has 0 aliphatic carbocycles. The summed E-state index contributed by atoms with van der Waals surface area (Å²) in [6, 6.07) is 11.8. The van der Waals surface area contributed by atoms with Crippen LogP contribution in [0.3, 0.4) is 0 Å². The van der Waals surface area contributed by atoms with Crippen molar-refractivity contribution in [3.63, 3.8) is 0 Å². The van der Waals surface area contributed by atoms with E-state index in [0.717, 1.165) is 40.2 Å². The highest BCUT2D eigenvalue weighted by Gasteiger charge is 2.04. The Hall–Kier alpha value is -0.780. The molecule has 0 aliphatic heterocycles. The van der Waals surface area contributed by atoms with Gasteiger partial charge in [-0.25, -0.2) is 0 Å². The standard InChI is InChI=1S/C14H15Br2NO2/c15-13-9-12(19-14(13)16)10-17-7-4-8-18-11-5-2-1-3-6-11/h1-3,5-6,9,17H,4,7-8,10H2. The summed E-state index contributed by atoms with van der Waals surface area (Å²) in [7, 11) is 0. The molecule has 0 atom stereocenters. The van der Waals surface area contributed by atoms with E-state index in [9.17, 15) is 0 Å². The zero-order valence-corrected chi connectivity index (χ0v) is 13.5. The average Bonchev–Trinajstić information content (AvgIpc) is 2.74. The van der Waals surface area contributed by atoms with E-state index in [0.29, 0.717) is 6.61 Å². The highest BCUT2D eigenvalue weighted by atomic mass is 79.9. The fraction of sp³-hybridized carbons (Fsp3) is 0.286. The first kappa shape index (κ1) is 14.6. The molecule has 0 amide bonds. The van der Waals surface area contributed by atoms with E-state index in [1.54, 1.807) is 0 Å². The van der Waals surface area contributed by atoms with E-state index in [4.69, 9.17) is 9.15 Å². The summed E-state index contributed by atoms with van der Waals surface area (Å²) in [6.45, 7) is 2.32. The predicted molar refractivity (Wildman–Crippen MR) is 82.4 cm³/mol. The molecule has 0 saturated carbocycles. The molecular formula is C14H15Br2NO2. The maximum atomic E-state index is 5.60. The third-order valence-corrected chi connectivity index (χ3v) is 4.22. The monoisotopic (exact) mass is 387 g/mol. The molecule has 0 fully saturated rings. The second-order valence-corrected chi connectivity index (χ2v) is 5.60. The van der Waals surface area contributed by atoms with Gasteiger partial charge < -0.3 is 14.5 Å². The van der Waals surface area contributed by atoms with Crippen LogP contribution in [0.25, 0.3) is 0 Å². The third-order valence-electron chi connectivity index (χ3n) is 2.51. The van der Waals surface area contributed by atoms with Crippen LogP contribution < -0.4 is 10.1 Å². The quantitative estimate of drug-likeness (QED) is 0.715. The number of benzene rings is 1. The van der Waals surface area contributed by atoms with E-state index in [1.165, 1.54) is 0 Å². The lowest BCUT2D eigenvalue weighted by atomic mass is 10.3. The van der Waals surface area contributed by atoms with Gasteiger partial charge in [0.2, 0.25) is 0 Å². The minimum absolute atomic E-state index is 0.711. The second-order valence-electron chi connectivity index (χ2n) is 4.03. The smallest absolute Gasteiger partial charge is 0.183 e. The van der Waals surface area contributed by atoms with Gasteiger partial charge in [-0.15, -0.1) is 0 Å². The topological polar surface area (TPSA) is 34.4 Å². The van der Waals surface area contributed by atoms with Gasteiger partial charge in [-0.1, -0.05) is 18.2 Å². The molecule has 1 heterocycles. The Balaban J connectivity index is 1.57. The number of rotatable bonds is 7. The van der Waals surface area contributed by atoms with Gasteiger partial charge in [-0.05, 0) is 63.0 Å². The largest absolute Gasteiger partial charge is 0.494 e. The minimum atomic E-state index is 0.711. The van der Waals surface area contributed by atoms with Crippen LogP contribution in [0.5, 0.6) is 5.75 Å². The van der Waals surface area contributed by atoms with E-state index >= 15 is 0 Å². The van der Waals surface area contributed by atoms with Crippen LogP contribution in [0.15, 0.2) is 50.0 Å². The third kappa shape index (κ3) is 5.01. The Kier molecular flexibility index (Phi) is 5.94. The molecule has 0 spiro atoms. The maximum Gasteiger partial charge on any atom is 0.183 e. The number of furan rings is 1. The van der Waals surface area contributed by atoms with Crippen molar-refractivity contribution in [2.75, 3.05) is 13.2 Å². The van der Waals surface area contributed by atoms with Gasteiger partial charge in [0.1, 0.15) is 11.5 Å². The SMILES string of the molecule is Brc1cc(CNCCCOc2ccccc2)oc1Br. The summed E-state index contributed by atoms with van der Waals surface area (Å²) >= 11 is 6.70.